The van der Waals surface area contributed by atoms with Gasteiger partial charge in [-0.05, 0) is 25.9 Å². The van der Waals surface area contributed by atoms with E-state index in [1.165, 1.54) is 13.0 Å². The lowest BCUT2D eigenvalue weighted by molar-refractivity contribution is 0.395. The van der Waals surface area contributed by atoms with Gasteiger partial charge in [0, 0.05) is 32.5 Å². The molecule has 1 aliphatic rings. The highest BCUT2D eigenvalue weighted by Crippen LogP contribution is 2.22. The first kappa shape index (κ1) is 13.1. The van der Waals surface area contributed by atoms with Gasteiger partial charge in [-0.15, -0.1) is 0 Å². The molecule has 7 nitrogen and oxygen atoms in total. The summed E-state index contributed by atoms with van der Waals surface area (Å²) in [6.07, 6.45) is 6.75. The van der Waals surface area contributed by atoms with Crippen molar-refractivity contribution in [2.24, 2.45) is 11.8 Å². The van der Waals surface area contributed by atoms with E-state index < -0.39 is 0 Å². The minimum absolute atomic E-state index is 0.640. The van der Waals surface area contributed by atoms with Gasteiger partial charge in [0.1, 0.15) is 0 Å². The molecule has 2 aromatic heterocycles. The number of hydrogen-bond donors (Lipinski definition) is 2. The lowest BCUT2D eigenvalue weighted by atomic mass is 10.1. The van der Waals surface area contributed by atoms with E-state index in [-0.39, 0.29) is 0 Å². The third kappa shape index (κ3) is 2.41. The van der Waals surface area contributed by atoms with E-state index in [9.17, 15) is 0 Å². The van der Waals surface area contributed by atoms with Crippen molar-refractivity contribution in [2.45, 2.75) is 6.42 Å². The molecule has 1 fully saturated rings. The predicted molar refractivity (Wildman–Crippen MR) is 79.7 cm³/mol. The van der Waals surface area contributed by atoms with E-state index >= 15 is 0 Å². The van der Waals surface area contributed by atoms with Gasteiger partial charge in [0.2, 0.25) is 0 Å². The first-order chi connectivity index (χ1) is 9.67. The Morgan fingerprint density at radius 2 is 2.40 bits per heavy atom. The van der Waals surface area contributed by atoms with E-state index in [1.54, 1.807) is 6.20 Å². The normalized spacial score (nSPS) is 19.6. The molecule has 0 aliphatic carbocycles. The second kappa shape index (κ2) is 5.26. The van der Waals surface area contributed by atoms with E-state index in [4.69, 9.17) is 5.84 Å². The Morgan fingerprint density at radius 1 is 1.55 bits per heavy atom. The molecule has 0 aromatic carbocycles. The zero-order valence-electron chi connectivity index (χ0n) is 12.0. The Labute approximate surface area is 118 Å². The fourth-order valence-electron chi connectivity index (χ4n) is 2.89. The van der Waals surface area contributed by atoms with Crippen molar-refractivity contribution < 1.29 is 0 Å². The topological polar surface area (TPSA) is 74.7 Å². The second-order valence-electron chi connectivity index (χ2n) is 5.55. The Kier molecular flexibility index (Phi) is 3.45. The van der Waals surface area contributed by atoms with Crippen LogP contribution in [0.5, 0.6) is 0 Å². The largest absolute Gasteiger partial charge is 0.356 e. The van der Waals surface area contributed by atoms with Gasteiger partial charge in [-0.25, -0.2) is 15.8 Å². The van der Waals surface area contributed by atoms with Crippen LogP contribution in [0.1, 0.15) is 6.42 Å². The molecule has 20 heavy (non-hydrogen) atoms. The summed E-state index contributed by atoms with van der Waals surface area (Å²) in [6, 6.07) is 0. The third-order valence-electron chi connectivity index (χ3n) is 3.89. The van der Waals surface area contributed by atoms with Gasteiger partial charge in [-0.2, -0.15) is 0 Å². The number of hydrogen-bond acceptors (Lipinski definition) is 6. The number of nitrogens with one attached hydrogen (secondary N) is 1. The molecule has 2 aromatic rings. The minimum Gasteiger partial charge on any atom is -0.356 e. The van der Waals surface area contributed by atoms with Crippen molar-refractivity contribution in [3.63, 3.8) is 0 Å². The fraction of sp³-hybridized carbons (Fsp3) is 0.538. The van der Waals surface area contributed by atoms with Gasteiger partial charge >= 0.3 is 0 Å². The number of rotatable bonds is 4. The number of nitrogen functional groups attached to an aromatic ring is 1. The molecule has 0 amide bonds. The molecular formula is C13H21N7. The smallest absolute Gasteiger partial charge is 0.180 e. The highest BCUT2D eigenvalue weighted by atomic mass is 15.3. The van der Waals surface area contributed by atoms with E-state index in [0.29, 0.717) is 11.7 Å². The average molecular weight is 275 g/mol. The molecule has 0 bridgehead atoms. The maximum atomic E-state index is 5.49. The number of nitrogens with two attached hydrogens (primary N) is 1. The molecule has 3 rings (SSSR count). The molecule has 3 heterocycles. The fourth-order valence-corrected chi connectivity index (χ4v) is 2.89. The van der Waals surface area contributed by atoms with Crippen molar-refractivity contribution >= 4 is 17.3 Å². The van der Waals surface area contributed by atoms with Crippen molar-refractivity contribution in [1.29, 1.82) is 0 Å². The molecule has 1 aliphatic heterocycles. The highest BCUT2D eigenvalue weighted by Gasteiger charge is 2.22. The standard InChI is InChI=1S/C13H21N7/c1-18-5-3-10(7-18)8-19(2)13-12-15-4-6-20(12)9-11(16-13)17-14/h4,6,9-10,17H,3,5,7-8,14H2,1-2H3. The van der Waals surface area contributed by atoms with Gasteiger partial charge in [0.05, 0.1) is 6.20 Å². The van der Waals surface area contributed by atoms with E-state index in [1.807, 2.05) is 16.8 Å². The summed E-state index contributed by atoms with van der Waals surface area (Å²) in [4.78, 5) is 13.5. The van der Waals surface area contributed by atoms with Gasteiger partial charge < -0.3 is 19.6 Å². The van der Waals surface area contributed by atoms with Crippen molar-refractivity contribution in [3.8, 4) is 0 Å². The maximum absolute atomic E-state index is 5.49. The quantitative estimate of drug-likeness (QED) is 0.621. The summed E-state index contributed by atoms with van der Waals surface area (Å²) in [5.74, 6) is 7.67. The molecule has 1 unspecified atom stereocenters. The monoisotopic (exact) mass is 275 g/mol. The molecule has 1 atom stereocenters. The number of anilines is 2. The molecule has 108 valence electrons. The van der Waals surface area contributed by atoms with Crippen LogP contribution in [0.2, 0.25) is 0 Å². The SMILES string of the molecule is CN1CCC(CN(C)c2nc(NN)cn3ccnc23)C1. The van der Waals surface area contributed by atoms with Crippen molar-refractivity contribution in [1.82, 2.24) is 19.3 Å². The molecule has 0 radical (unpaired) electrons. The van der Waals surface area contributed by atoms with Crippen LogP contribution in [0.4, 0.5) is 11.6 Å². The summed E-state index contributed by atoms with van der Waals surface area (Å²) in [5.41, 5.74) is 3.47. The Morgan fingerprint density at radius 3 is 3.10 bits per heavy atom. The van der Waals surface area contributed by atoms with Crippen molar-refractivity contribution in [2.75, 3.05) is 44.1 Å². The Hall–Kier alpha value is -1.86. The lowest BCUT2D eigenvalue weighted by Crippen LogP contribution is -2.28. The number of aromatic nitrogens is 3. The van der Waals surface area contributed by atoms with Crippen LogP contribution in [0.3, 0.4) is 0 Å². The zero-order chi connectivity index (χ0) is 14.1. The van der Waals surface area contributed by atoms with E-state index in [2.05, 4.69) is 39.3 Å². The lowest BCUT2D eigenvalue weighted by Gasteiger charge is -2.23. The summed E-state index contributed by atoms with van der Waals surface area (Å²) >= 11 is 0. The van der Waals surface area contributed by atoms with E-state index in [0.717, 1.165) is 24.6 Å². The summed E-state index contributed by atoms with van der Waals surface area (Å²) in [5, 5.41) is 0. The first-order valence-corrected chi connectivity index (χ1v) is 6.87. The molecule has 7 heteroatoms. The van der Waals surface area contributed by atoms with Crippen LogP contribution < -0.4 is 16.2 Å². The van der Waals surface area contributed by atoms with Gasteiger partial charge in [0.15, 0.2) is 17.3 Å². The van der Waals surface area contributed by atoms with Crippen LogP contribution in [0.15, 0.2) is 18.6 Å². The summed E-state index contributed by atoms with van der Waals surface area (Å²) in [6.45, 7) is 3.30. The maximum Gasteiger partial charge on any atom is 0.180 e. The second-order valence-corrected chi connectivity index (χ2v) is 5.55. The van der Waals surface area contributed by atoms with Gasteiger partial charge in [-0.3, -0.25) is 0 Å². The number of fused-ring (bicyclic) bond motifs is 1. The molecule has 0 spiro atoms. The number of likely N-dealkylation sites (tertiary alicyclic amines) is 1. The minimum atomic E-state index is 0.640. The Balaban J connectivity index is 1.86. The van der Waals surface area contributed by atoms with Crippen LogP contribution in [0.25, 0.3) is 5.65 Å². The van der Waals surface area contributed by atoms with Crippen LogP contribution in [0, 0.1) is 5.92 Å². The van der Waals surface area contributed by atoms with Crippen molar-refractivity contribution in [3.05, 3.63) is 18.6 Å². The number of nitrogens with zero attached hydrogens (tertiary/aromatic N) is 5. The Bertz CT molecular complexity index is 593. The summed E-state index contributed by atoms with van der Waals surface area (Å²) < 4.78 is 1.94. The molecule has 3 N–H and O–H groups in total. The summed E-state index contributed by atoms with van der Waals surface area (Å²) in [7, 11) is 4.24. The predicted octanol–water partition coefficient (Wildman–Crippen LogP) is 0.403. The van der Waals surface area contributed by atoms with Crippen LogP contribution in [-0.2, 0) is 0 Å². The molecular weight excluding hydrogens is 254 g/mol. The highest BCUT2D eigenvalue weighted by molar-refractivity contribution is 5.66. The van der Waals surface area contributed by atoms with Crippen LogP contribution >= 0.6 is 0 Å². The zero-order valence-corrected chi connectivity index (χ0v) is 12.0. The molecule has 1 saturated heterocycles. The van der Waals surface area contributed by atoms with Gasteiger partial charge in [-0.1, -0.05) is 0 Å². The number of imidazole rings is 1. The van der Waals surface area contributed by atoms with Gasteiger partial charge in [0.25, 0.3) is 0 Å². The first-order valence-electron chi connectivity index (χ1n) is 6.87. The number of hydrazine groups is 1. The molecule has 0 saturated carbocycles. The average Bonchev–Trinajstić information content (AvgIpc) is 3.06. The third-order valence-corrected chi connectivity index (χ3v) is 3.89. The van der Waals surface area contributed by atoms with Crippen LogP contribution in [-0.4, -0.2) is 53.0 Å².